The van der Waals surface area contributed by atoms with E-state index in [4.69, 9.17) is 13.9 Å². The lowest BCUT2D eigenvalue weighted by Gasteiger charge is -2.10. The first-order valence-corrected chi connectivity index (χ1v) is 10.0. The van der Waals surface area contributed by atoms with E-state index < -0.39 is 0 Å². The number of ether oxygens (including phenoxy) is 2. The third-order valence-electron chi connectivity index (χ3n) is 5.01. The molecule has 4 aromatic rings. The zero-order chi connectivity index (χ0) is 22.5. The zero-order valence-corrected chi connectivity index (χ0v) is 18.0. The molecule has 3 heterocycles. The minimum Gasteiger partial charge on any atom is -0.493 e. The molecule has 1 amide bonds. The van der Waals surface area contributed by atoms with Gasteiger partial charge in [-0.05, 0) is 49.2 Å². The first-order valence-electron chi connectivity index (χ1n) is 10.0. The molecule has 0 atom stereocenters. The summed E-state index contributed by atoms with van der Waals surface area (Å²) in [4.78, 5) is 21.5. The lowest BCUT2D eigenvalue weighted by molar-refractivity contribution is 0.0953. The van der Waals surface area contributed by atoms with Crippen molar-refractivity contribution in [2.75, 3.05) is 20.8 Å². The fourth-order valence-corrected chi connectivity index (χ4v) is 3.30. The van der Waals surface area contributed by atoms with E-state index in [1.54, 1.807) is 45.7 Å². The fourth-order valence-electron chi connectivity index (χ4n) is 3.30. The van der Waals surface area contributed by atoms with Crippen LogP contribution >= 0.6 is 0 Å². The molecule has 0 fully saturated rings. The highest BCUT2D eigenvalue weighted by Crippen LogP contribution is 2.27. The van der Waals surface area contributed by atoms with Crippen molar-refractivity contribution < 1.29 is 18.7 Å². The highest BCUT2D eigenvalue weighted by atomic mass is 16.5. The number of aromatic nitrogens is 4. The third-order valence-corrected chi connectivity index (χ3v) is 5.01. The van der Waals surface area contributed by atoms with E-state index in [0.29, 0.717) is 53.1 Å². The second kappa shape index (κ2) is 9.34. The van der Waals surface area contributed by atoms with Crippen molar-refractivity contribution in [3.05, 3.63) is 71.9 Å². The van der Waals surface area contributed by atoms with E-state index in [1.807, 2.05) is 24.3 Å². The van der Waals surface area contributed by atoms with Crippen molar-refractivity contribution in [3.8, 4) is 28.9 Å². The summed E-state index contributed by atoms with van der Waals surface area (Å²) in [7, 11) is 3.19. The Balaban J connectivity index is 1.43. The monoisotopic (exact) mass is 433 g/mol. The molecule has 0 spiro atoms. The number of hydrogen-bond donors (Lipinski definition) is 1. The molecule has 0 aliphatic rings. The lowest BCUT2D eigenvalue weighted by atomic mass is 10.1. The van der Waals surface area contributed by atoms with Gasteiger partial charge in [0.25, 0.3) is 11.9 Å². The van der Waals surface area contributed by atoms with Crippen LogP contribution in [0.25, 0.3) is 17.4 Å². The van der Waals surface area contributed by atoms with Crippen LogP contribution < -0.4 is 14.8 Å². The Hall–Kier alpha value is -4.14. The third kappa shape index (κ3) is 4.31. The molecule has 9 heteroatoms. The van der Waals surface area contributed by atoms with Gasteiger partial charge in [-0.1, -0.05) is 6.07 Å². The minimum atomic E-state index is -0.212. The Labute approximate surface area is 185 Å². The van der Waals surface area contributed by atoms with Gasteiger partial charge in [-0.25, -0.2) is 14.6 Å². The number of nitrogens with one attached hydrogen (secondary N) is 1. The number of hydrogen-bond acceptors (Lipinski definition) is 7. The largest absolute Gasteiger partial charge is 0.493 e. The maximum atomic E-state index is 12.7. The Bertz CT molecular complexity index is 1220. The van der Waals surface area contributed by atoms with Crippen molar-refractivity contribution in [1.82, 2.24) is 25.1 Å². The SMILES string of the molecule is COc1ccc(CCNC(=O)c2cnn(-c3nccc(-c4ccco4)n3)c2C)cc1OC. The number of carbonyl (C=O) groups excluding carboxylic acids is 1. The molecule has 9 nitrogen and oxygen atoms in total. The average Bonchev–Trinajstić information content (AvgIpc) is 3.49. The summed E-state index contributed by atoms with van der Waals surface area (Å²) >= 11 is 0. The summed E-state index contributed by atoms with van der Waals surface area (Å²) in [6.45, 7) is 2.27. The predicted octanol–water partition coefficient (Wildman–Crippen LogP) is 3.22. The molecule has 164 valence electrons. The van der Waals surface area contributed by atoms with Gasteiger partial charge in [0, 0.05) is 12.7 Å². The summed E-state index contributed by atoms with van der Waals surface area (Å²) in [6, 6.07) is 11.1. The Kier molecular flexibility index (Phi) is 6.16. The van der Waals surface area contributed by atoms with Crippen LogP contribution in [0.5, 0.6) is 11.5 Å². The lowest BCUT2D eigenvalue weighted by Crippen LogP contribution is -2.26. The number of benzene rings is 1. The molecule has 0 saturated carbocycles. The van der Waals surface area contributed by atoms with Crippen LogP contribution in [0, 0.1) is 6.92 Å². The molecule has 0 radical (unpaired) electrons. The summed E-state index contributed by atoms with van der Waals surface area (Å²) < 4.78 is 17.5. The van der Waals surface area contributed by atoms with Gasteiger partial charge in [-0.2, -0.15) is 5.10 Å². The summed E-state index contributed by atoms with van der Waals surface area (Å²) in [6.07, 6.45) is 5.38. The minimum absolute atomic E-state index is 0.212. The van der Waals surface area contributed by atoms with Crippen molar-refractivity contribution >= 4 is 5.91 Å². The normalized spacial score (nSPS) is 10.7. The maximum absolute atomic E-state index is 12.7. The first-order chi connectivity index (χ1) is 15.6. The van der Waals surface area contributed by atoms with Crippen LogP contribution in [0.1, 0.15) is 21.6 Å². The number of nitrogens with zero attached hydrogens (tertiary/aromatic N) is 4. The van der Waals surface area contributed by atoms with E-state index in [1.165, 1.54) is 10.9 Å². The number of rotatable bonds is 8. The van der Waals surface area contributed by atoms with Gasteiger partial charge in [0.15, 0.2) is 17.3 Å². The van der Waals surface area contributed by atoms with Crippen LogP contribution in [-0.4, -0.2) is 46.4 Å². The number of methoxy groups -OCH3 is 2. The summed E-state index contributed by atoms with van der Waals surface area (Å²) in [5.41, 5.74) is 2.77. The number of furan rings is 1. The van der Waals surface area contributed by atoms with Crippen molar-refractivity contribution in [1.29, 1.82) is 0 Å². The van der Waals surface area contributed by atoms with Crippen LogP contribution in [0.3, 0.4) is 0 Å². The van der Waals surface area contributed by atoms with E-state index >= 15 is 0 Å². The molecule has 0 bridgehead atoms. The maximum Gasteiger partial charge on any atom is 0.254 e. The Morgan fingerprint density at radius 3 is 2.75 bits per heavy atom. The molecule has 0 saturated heterocycles. The fraction of sp³-hybridized carbons (Fsp3) is 0.217. The Morgan fingerprint density at radius 2 is 2.00 bits per heavy atom. The molecule has 0 aliphatic heterocycles. The van der Waals surface area contributed by atoms with Gasteiger partial charge in [0.1, 0.15) is 5.69 Å². The first kappa shape index (κ1) is 21.1. The highest BCUT2D eigenvalue weighted by molar-refractivity contribution is 5.95. The number of amides is 1. The second-order valence-corrected chi connectivity index (χ2v) is 6.97. The second-order valence-electron chi connectivity index (χ2n) is 6.97. The van der Waals surface area contributed by atoms with E-state index in [9.17, 15) is 4.79 Å². The molecular weight excluding hydrogens is 410 g/mol. The summed E-state index contributed by atoms with van der Waals surface area (Å²) in [5, 5.41) is 7.24. The molecular formula is C23H23N5O4. The molecule has 32 heavy (non-hydrogen) atoms. The molecule has 4 rings (SSSR count). The molecule has 1 aromatic carbocycles. The molecule has 0 aliphatic carbocycles. The van der Waals surface area contributed by atoms with E-state index in [0.717, 1.165) is 5.56 Å². The average molecular weight is 433 g/mol. The molecule has 1 N–H and O–H groups in total. The van der Waals surface area contributed by atoms with Crippen molar-refractivity contribution in [2.45, 2.75) is 13.3 Å². The standard InChI is InChI=1S/C23H23N5O4/c1-15-17(22(29)24-10-8-16-6-7-20(30-2)21(13-16)31-3)14-26-28(15)23-25-11-9-18(27-23)19-5-4-12-32-19/h4-7,9,11-14H,8,10H2,1-3H3,(H,24,29). The van der Waals surface area contributed by atoms with Crippen molar-refractivity contribution in [3.63, 3.8) is 0 Å². The van der Waals surface area contributed by atoms with Gasteiger partial charge >= 0.3 is 0 Å². The van der Waals surface area contributed by atoms with Crippen LogP contribution in [-0.2, 0) is 6.42 Å². The van der Waals surface area contributed by atoms with Gasteiger partial charge in [0.05, 0.1) is 37.9 Å². The predicted molar refractivity (Wildman–Crippen MR) is 117 cm³/mol. The van der Waals surface area contributed by atoms with E-state index in [2.05, 4.69) is 20.4 Å². The number of carbonyl (C=O) groups is 1. The van der Waals surface area contributed by atoms with Crippen molar-refractivity contribution in [2.24, 2.45) is 0 Å². The zero-order valence-electron chi connectivity index (χ0n) is 18.0. The van der Waals surface area contributed by atoms with Crippen LogP contribution in [0.15, 0.2) is 59.5 Å². The molecule has 3 aromatic heterocycles. The van der Waals surface area contributed by atoms with Gasteiger partial charge in [0.2, 0.25) is 0 Å². The quantitative estimate of drug-likeness (QED) is 0.455. The van der Waals surface area contributed by atoms with Crippen LogP contribution in [0.2, 0.25) is 0 Å². The topological polar surface area (TPSA) is 104 Å². The highest BCUT2D eigenvalue weighted by Gasteiger charge is 2.17. The summed E-state index contributed by atoms with van der Waals surface area (Å²) in [5.74, 6) is 2.11. The van der Waals surface area contributed by atoms with Gasteiger partial charge < -0.3 is 19.2 Å². The van der Waals surface area contributed by atoms with Gasteiger partial charge in [-0.15, -0.1) is 0 Å². The van der Waals surface area contributed by atoms with E-state index in [-0.39, 0.29) is 5.91 Å². The smallest absolute Gasteiger partial charge is 0.254 e. The van der Waals surface area contributed by atoms with Gasteiger partial charge in [-0.3, -0.25) is 4.79 Å². The molecule has 0 unspecified atom stereocenters. The Morgan fingerprint density at radius 1 is 1.16 bits per heavy atom. The van der Waals surface area contributed by atoms with Crippen LogP contribution in [0.4, 0.5) is 0 Å².